The number of benzene rings is 10. The van der Waals surface area contributed by atoms with Crippen molar-refractivity contribution < 1.29 is 0 Å². The molecule has 0 aliphatic heterocycles. The Labute approximate surface area is 327 Å². The van der Waals surface area contributed by atoms with Gasteiger partial charge in [0, 0.05) is 0 Å². The standard InChI is InChI=1S/C56H36/c1-3-17-37(18-4-1)40-33-41(38-19-5-2-6-20-38)35-42(34-40)56-52-29-15-13-27-50(52)55(51-28-14-16-30-53(51)56)39-31-32-49-47-25-10-9-23-45(47)43-21-7-8-22-44(43)46-24-11-12-26-48(46)54(49)36-39/h1-36H. The van der Waals surface area contributed by atoms with Crippen molar-refractivity contribution in [2.24, 2.45) is 0 Å². The van der Waals surface area contributed by atoms with Gasteiger partial charge in [0.15, 0.2) is 0 Å². The minimum Gasteiger partial charge on any atom is -0.0622 e. The van der Waals surface area contributed by atoms with E-state index in [4.69, 9.17) is 0 Å². The van der Waals surface area contributed by atoms with Gasteiger partial charge in [0.25, 0.3) is 0 Å². The van der Waals surface area contributed by atoms with Crippen molar-refractivity contribution >= 4 is 21.5 Å². The molecule has 260 valence electrons. The van der Waals surface area contributed by atoms with Crippen LogP contribution >= 0.6 is 0 Å². The van der Waals surface area contributed by atoms with E-state index in [0.29, 0.717) is 0 Å². The molecule has 1 aliphatic rings. The number of hydrogen-bond acceptors (Lipinski definition) is 0. The van der Waals surface area contributed by atoms with Gasteiger partial charge in [-0.15, -0.1) is 0 Å². The van der Waals surface area contributed by atoms with Gasteiger partial charge in [-0.1, -0.05) is 194 Å². The van der Waals surface area contributed by atoms with E-state index in [9.17, 15) is 0 Å². The minimum atomic E-state index is 1.21. The van der Waals surface area contributed by atoms with Gasteiger partial charge in [0.2, 0.25) is 0 Å². The quantitative estimate of drug-likeness (QED) is 0.160. The molecule has 0 heteroatoms. The zero-order valence-corrected chi connectivity index (χ0v) is 30.8. The van der Waals surface area contributed by atoms with Crippen LogP contribution in [0.2, 0.25) is 0 Å². The van der Waals surface area contributed by atoms with Crippen LogP contribution in [-0.2, 0) is 0 Å². The van der Waals surface area contributed by atoms with Gasteiger partial charge in [-0.25, -0.2) is 0 Å². The molecule has 56 heavy (non-hydrogen) atoms. The molecular weight excluding hydrogens is 673 g/mol. The summed E-state index contributed by atoms with van der Waals surface area (Å²) in [6.07, 6.45) is 0. The van der Waals surface area contributed by atoms with Crippen LogP contribution in [0.3, 0.4) is 0 Å². The largest absolute Gasteiger partial charge is 0.0622 e. The van der Waals surface area contributed by atoms with E-state index >= 15 is 0 Å². The van der Waals surface area contributed by atoms with Gasteiger partial charge in [0.05, 0.1) is 0 Å². The molecule has 0 atom stereocenters. The second-order valence-corrected chi connectivity index (χ2v) is 14.8. The van der Waals surface area contributed by atoms with Crippen LogP contribution in [0.5, 0.6) is 0 Å². The summed E-state index contributed by atoms with van der Waals surface area (Å²) in [5, 5.41) is 4.99. The molecule has 1 aliphatic carbocycles. The summed E-state index contributed by atoms with van der Waals surface area (Å²) >= 11 is 0. The van der Waals surface area contributed by atoms with E-state index in [0.717, 1.165) is 0 Å². The Hall–Kier alpha value is -7.28. The third-order valence-corrected chi connectivity index (χ3v) is 11.6. The first kappa shape index (κ1) is 32.2. The fraction of sp³-hybridized carbons (Fsp3) is 0. The Morgan fingerprint density at radius 1 is 0.161 bits per heavy atom. The van der Waals surface area contributed by atoms with E-state index in [2.05, 4.69) is 218 Å². The van der Waals surface area contributed by atoms with Crippen LogP contribution in [0.15, 0.2) is 218 Å². The molecule has 0 bridgehead atoms. The highest BCUT2D eigenvalue weighted by molar-refractivity contribution is 6.22. The monoisotopic (exact) mass is 708 g/mol. The molecule has 0 amide bonds. The lowest BCUT2D eigenvalue weighted by atomic mass is 9.79. The van der Waals surface area contributed by atoms with E-state index < -0.39 is 0 Å². The molecule has 0 nitrogen and oxygen atoms in total. The zero-order chi connectivity index (χ0) is 37.0. The third-order valence-electron chi connectivity index (χ3n) is 11.6. The number of hydrogen-bond donors (Lipinski definition) is 0. The second kappa shape index (κ2) is 13.2. The van der Waals surface area contributed by atoms with Crippen molar-refractivity contribution in [1.82, 2.24) is 0 Å². The molecule has 0 saturated heterocycles. The molecule has 0 N–H and O–H groups in total. The van der Waals surface area contributed by atoms with Crippen LogP contribution in [0, 0.1) is 0 Å². The lowest BCUT2D eigenvalue weighted by molar-refractivity contribution is 1.52. The first-order valence-corrected chi connectivity index (χ1v) is 19.4. The summed E-state index contributed by atoms with van der Waals surface area (Å²) in [5.74, 6) is 0. The van der Waals surface area contributed by atoms with Crippen molar-refractivity contribution in [2.75, 3.05) is 0 Å². The summed E-state index contributed by atoms with van der Waals surface area (Å²) in [5.41, 5.74) is 19.9. The molecular formula is C56H36. The van der Waals surface area contributed by atoms with E-state index in [1.807, 2.05) is 0 Å². The van der Waals surface area contributed by atoms with E-state index in [1.165, 1.54) is 111 Å². The fourth-order valence-corrected chi connectivity index (χ4v) is 9.13. The average Bonchev–Trinajstić information content (AvgIpc) is 3.28. The number of rotatable bonds is 4. The van der Waals surface area contributed by atoms with Crippen molar-refractivity contribution in [2.45, 2.75) is 0 Å². The summed E-state index contributed by atoms with van der Waals surface area (Å²) in [4.78, 5) is 0. The van der Waals surface area contributed by atoms with Crippen LogP contribution in [0.1, 0.15) is 0 Å². The Bertz CT molecular complexity index is 2990. The average molecular weight is 709 g/mol. The highest BCUT2D eigenvalue weighted by Gasteiger charge is 2.24. The molecule has 0 heterocycles. The maximum Gasteiger partial charge on any atom is -0.00259 e. The van der Waals surface area contributed by atoms with Crippen LogP contribution in [0.25, 0.3) is 111 Å². The van der Waals surface area contributed by atoms with Gasteiger partial charge in [-0.05, 0) is 135 Å². The van der Waals surface area contributed by atoms with Gasteiger partial charge < -0.3 is 0 Å². The SMILES string of the molecule is c1ccc(-c2cc(-c3ccccc3)cc(-c3c4ccccc4c(-c4ccc5c(c4)-c4ccccc4-c4ccccc4-c4ccccc4-5)c4ccccc34)c2)cc1. The van der Waals surface area contributed by atoms with E-state index in [1.54, 1.807) is 0 Å². The maximum absolute atomic E-state index is 2.45. The molecule has 0 unspecified atom stereocenters. The van der Waals surface area contributed by atoms with Gasteiger partial charge in [-0.2, -0.15) is 0 Å². The minimum absolute atomic E-state index is 1.21. The van der Waals surface area contributed by atoms with Crippen LogP contribution in [-0.4, -0.2) is 0 Å². The highest BCUT2D eigenvalue weighted by Crippen LogP contribution is 2.50. The summed E-state index contributed by atoms with van der Waals surface area (Å²) in [6.45, 7) is 0. The normalized spacial score (nSPS) is 11.6. The molecule has 0 spiro atoms. The Balaban J connectivity index is 1.19. The highest BCUT2D eigenvalue weighted by atomic mass is 14.3. The van der Waals surface area contributed by atoms with Crippen LogP contribution in [0.4, 0.5) is 0 Å². The first-order chi connectivity index (χ1) is 27.8. The van der Waals surface area contributed by atoms with Crippen LogP contribution < -0.4 is 0 Å². The summed E-state index contributed by atoms with van der Waals surface area (Å²) in [7, 11) is 0. The molecule has 10 aromatic rings. The van der Waals surface area contributed by atoms with Crippen molar-refractivity contribution in [1.29, 1.82) is 0 Å². The third kappa shape index (κ3) is 5.22. The molecule has 0 saturated carbocycles. The second-order valence-electron chi connectivity index (χ2n) is 14.8. The molecule has 0 fully saturated rings. The summed E-state index contributed by atoms with van der Waals surface area (Å²) in [6, 6.07) is 80.5. The Kier molecular flexibility index (Phi) is 7.60. The number of fused-ring (bicyclic) bond motifs is 10. The van der Waals surface area contributed by atoms with Crippen molar-refractivity contribution in [3.8, 4) is 89.0 Å². The maximum atomic E-state index is 2.45. The predicted octanol–water partition coefficient (Wildman–Crippen LogP) is 15.6. The Morgan fingerprint density at radius 3 is 0.875 bits per heavy atom. The molecule has 10 aromatic carbocycles. The lowest BCUT2D eigenvalue weighted by Crippen LogP contribution is -1.98. The lowest BCUT2D eigenvalue weighted by Gasteiger charge is -2.24. The molecule has 0 aromatic heterocycles. The smallest absolute Gasteiger partial charge is 0.00259 e. The Morgan fingerprint density at radius 2 is 0.464 bits per heavy atom. The van der Waals surface area contributed by atoms with Crippen molar-refractivity contribution in [3.63, 3.8) is 0 Å². The van der Waals surface area contributed by atoms with Gasteiger partial charge in [-0.3, -0.25) is 0 Å². The predicted molar refractivity (Wildman–Crippen MR) is 238 cm³/mol. The van der Waals surface area contributed by atoms with E-state index in [-0.39, 0.29) is 0 Å². The van der Waals surface area contributed by atoms with Gasteiger partial charge >= 0.3 is 0 Å². The first-order valence-electron chi connectivity index (χ1n) is 19.4. The van der Waals surface area contributed by atoms with Gasteiger partial charge in [0.1, 0.15) is 0 Å². The zero-order valence-electron chi connectivity index (χ0n) is 30.8. The topological polar surface area (TPSA) is 0 Å². The molecule has 0 radical (unpaired) electrons. The van der Waals surface area contributed by atoms with Crippen molar-refractivity contribution in [3.05, 3.63) is 218 Å². The molecule has 11 rings (SSSR count). The fourth-order valence-electron chi connectivity index (χ4n) is 9.13. The summed E-state index contributed by atoms with van der Waals surface area (Å²) < 4.78 is 0.